The Morgan fingerprint density at radius 2 is 0.510 bits per heavy atom. The summed E-state index contributed by atoms with van der Waals surface area (Å²) in [5.41, 5.74) is 0. The maximum Gasteiger partial charge on any atom is 0.472 e. The highest BCUT2D eigenvalue weighted by molar-refractivity contribution is 7.47. The molecule has 3 N–H and O–H groups in total. The van der Waals surface area contributed by atoms with Crippen LogP contribution < -0.4 is 0 Å². The van der Waals surface area contributed by atoms with Gasteiger partial charge in [-0.1, -0.05) is 273 Å². The summed E-state index contributed by atoms with van der Waals surface area (Å²) in [7, 11) is -9.96. The van der Waals surface area contributed by atoms with Crippen molar-refractivity contribution in [2.45, 2.75) is 367 Å². The number of esters is 4. The number of rotatable bonds is 76. The lowest BCUT2D eigenvalue weighted by Gasteiger charge is -2.21. The molecule has 0 amide bonds. The molecule has 0 bridgehead atoms. The Kier molecular flexibility index (Phi) is 72.3. The van der Waals surface area contributed by atoms with Crippen LogP contribution in [-0.2, 0) is 65.4 Å². The van der Waals surface area contributed by atoms with Crippen LogP contribution in [0, 0.1) is 0 Å². The number of allylic oxidation sites excluding steroid dienone is 16. The molecule has 0 heterocycles. The summed E-state index contributed by atoms with van der Waals surface area (Å²) in [6.45, 7) is 4.70. The van der Waals surface area contributed by atoms with Crippen molar-refractivity contribution in [1.82, 2.24) is 0 Å². The van der Waals surface area contributed by atoms with Crippen LogP contribution in [0.1, 0.15) is 349 Å². The number of hydrogen-bond donors (Lipinski definition) is 3. The first-order valence-corrected chi connectivity index (χ1v) is 43.5. The standard InChI is InChI=1S/C83H146O17P2/c1-5-9-13-17-21-25-29-33-36-37-38-39-42-45-48-52-56-60-64-68-81(86)94-74-79(100-83(88)70-66-62-58-54-50-46-41-35-31-27-23-19-15-11-7-3)76-98-102(91,92)96-72-77(84)71-95-101(89,90)97-75-78(99-82(87)69-65-61-57-53-49-43-32-28-24-20-16-12-8-4)73-93-80(85)67-63-59-55-51-47-44-40-34-30-26-22-18-14-10-6-2/h11,15,21,23,25,27-28,32-36,38-41,77-79,84H,5-10,12-14,16-20,22,24,26,29-31,37,42-76H2,1-4H3,(H,89,90)(H,91,92)/b15-11-,25-21-,27-23-,32-28-,36-33-,39-38-,40-34-,41-35-. The van der Waals surface area contributed by atoms with Gasteiger partial charge in [-0.2, -0.15) is 0 Å². The molecule has 5 unspecified atom stereocenters. The van der Waals surface area contributed by atoms with Crippen molar-refractivity contribution in [2.24, 2.45) is 0 Å². The number of phosphoric ester groups is 2. The molecule has 0 aromatic heterocycles. The van der Waals surface area contributed by atoms with Crippen molar-refractivity contribution in [3.8, 4) is 0 Å². The van der Waals surface area contributed by atoms with E-state index in [4.69, 9.17) is 37.0 Å². The number of ether oxygens (including phenoxy) is 4. The molecule has 0 aliphatic heterocycles. The Balaban J connectivity index is 5.36. The molecule has 0 saturated heterocycles. The normalized spacial score (nSPS) is 14.4. The number of carbonyl (C=O) groups is 4. The molecule has 17 nitrogen and oxygen atoms in total. The van der Waals surface area contributed by atoms with Crippen molar-refractivity contribution in [1.29, 1.82) is 0 Å². The average Bonchev–Trinajstić information content (AvgIpc) is 0.907. The fourth-order valence-electron chi connectivity index (χ4n) is 10.8. The van der Waals surface area contributed by atoms with Gasteiger partial charge in [-0.05, 0) is 148 Å². The van der Waals surface area contributed by atoms with Crippen molar-refractivity contribution in [3.05, 3.63) is 97.2 Å². The Morgan fingerprint density at radius 1 is 0.284 bits per heavy atom. The summed E-state index contributed by atoms with van der Waals surface area (Å²) < 4.78 is 68.6. The molecular weight excluding hydrogens is 1330 g/mol. The third-order valence-electron chi connectivity index (χ3n) is 17.0. The molecule has 0 fully saturated rings. The van der Waals surface area contributed by atoms with Gasteiger partial charge in [0, 0.05) is 25.7 Å². The molecule has 0 rings (SSSR count). The second kappa shape index (κ2) is 75.2. The number of phosphoric acid groups is 2. The summed E-state index contributed by atoms with van der Waals surface area (Å²) >= 11 is 0. The lowest BCUT2D eigenvalue weighted by Crippen LogP contribution is -2.30. The zero-order valence-electron chi connectivity index (χ0n) is 64.5. The second-order valence-corrected chi connectivity index (χ2v) is 29.9. The molecule has 0 radical (unpaired) electrons. The van der Waals surface area contributed by atoms with Crippen LogP contribution in [0.15, 0.2) is 97.2 Å². The Labute approximate surface area is 620 Å². The minimum absolute atomic E-state index is 0.0721. The highest BCUT2D eigenvalue weighted by atomic mass is 31.2. The maximum absolute atomic E-state index is 13.1. The maximum atomic E-state index is 13.1. The number of unbranched alkanes of at least 4 members (excludes halogenated alkanes) is 34. The minimum Gasteiger partial charge on any atom is -0.462 e. The van der Waals surface area contributed by atoms with E-state index in [0.29, 0.717) is 25.7 Å². The highest BCUT2D eigenvalue weighted by Gasteiger charge is 2.30. The molecule has 0 aromatic carbocycles. The van der Waals surface area contributed by atoms with Gasteiger partial charge in [0.25, 0.3) is 0 Å². The van der Waals surface area contributed by atoms with Crippen LogP contribution in [0.5, 0.6) is 0 Å². The van der Waals surface area contributed by atoms with E-state index in [9.17, 15) is 43.2 Å². The van der Waals surface area contributed by atoms with Crippen LogP contribution in [0.2, 0.25) is 0 Å². The largest absolute Gasteiger partial charge is 0.472 e. The van der Waals surface area contributed by atoms with Crippen molar-refractivity contribution in [3.63, 3.8) is 0 Å². The Morgan fingerprint density at radius 3 is 0.824 bits per heavy atom. The van der Waals surface area contributed by atoms with Gasteiger partial charge in [0.15, 0.2) is 12.2 Å². The van der Waals surface area contributed by atoms with Gasteiger partial charge in [-0.25, -0.2) is 9.13 Å². The first kappa shape index (κ1) is 98.0. The van der Waals surface area contributed by atoms with E-state index in [0.717, 1.165) is 186 Å². The summed E-state index contributed by atoms with van der Waals surface area (Å²) in [5, 5.41) is 10.6. The molecule has 0 saturated carbocycles. The van der Waals surface area contributed by atoms with Crippen LogP contribution >= 0.6 is 15.6 Å². The van der Waals surface area contributed by atoms with E-state index in [1.165, 1.54) is 83.5 Å². The topological polar surface area (TPSA) is 237 Å². The molecule has 0 aromatic rings. The highest BCUT2D eigenvalue weighted by Crippen LogP contribution is 2.45. The lowest BCUT2D eigenvalue weighted by atomic mass is 10.1. The lowest BCUT2D eigenvalue weighted by molar-refractivity contribution is -0.161. The van der Waals surface area contributed by atoms with Gasteiger partial charge in [-0.15, -0.1) is 0 Å². The molecular formula is C83H146O17P2. The summed E-state index contributed by atoms with van der Waals surface area (Å²) in [4.78, 5) is 73.0. The molecule has 0 aliphatic rings. The zero-order chi connectivity index (χ0) is 74.6. The molecule has 590 valence electrons. The molecule has 0 spiro atoms. The van der Waals surface area contributed by atoms with E-state index in [2.05, 4.69) is 125 Å². The first-order chi connectivity index (χ1) is 49.7. The molecule has 0 aliphatic carbocycles. The van der Waals surface area contributed by atoms with Gasteiger partial charge < -0.3 is 33.8 Å². The number of hydrogen-bond acceptors (Lipinski definition) is 15. The van der Waals surface area contributed by atoms with Gasteiger partial charge in [0.05, 0.1) is 26.4 Å². The number of aliphatic hydroxyl groups excluding tert-OH is 1. The summed E-state index contributed by atoms with van der Waals surface area (Å²) in [5.74, 6) is -2.21. The summed E-state index contributed by atoms with van der Waals surface area (Å²) in [6, 6.07) is 0. The fourth-order valence-corrected chi connectivity index (χ4v) is 12.4. The average molecular weight is 1480 g/mol. The van der Waals surface area contributed by atoms with E-state index in [-0.39, 0.29) is 25.7 Å². The SMILES string of the molecule is CC/C=C\C/C=C\C/C=C\CCCCCCCC(=O)OC(COC(=O)CCCCCCCC/C=C\C/C=C\C/C=C\CCCCC)COP(=O)(O)OCC(O)COP(=O)(O)OCC(COC(=O)CCCCCCC/C=C\CCCCCCCC)OC(=O)CCCCCCC/C=C\CCCCCC. The minimum atomic E-state index is -4.98. The molecule has 102 heavy (non-hydrogen) atoms. The van der Waals surface area contributed by atoms with E-state index in [1.807, 2.05) is 0 Å². The van der Waals surface area contributed by atoms with E-state index in [1.54, 1.807) is 0 Å². The van der Waals surface area contributed by atoms with Crippen LogP contribution in [0.4, 0.5) is 0 Å². The third kappa shape index (κ3) is 74.3. The van der Waals surface area contributed by atoms with E-state index >= 15 is 0 Å². The molecule has 5 atom stereocenters. The van der Waals surface area contributed by atoms with Gasteiger partial charge in [-0.3, -0.25) is 37.3 Å². The fraction of sp³-hybridized carbons (Fsp3) is 0.759. The first-order valence-electron chi connectivity index (χ1n) is 40.5. The predicted octanol–water partition coefficient (Wildman–Crippen LogP) is 23.6. The number of carbonyl (C=O) groups excluding carboxylic acids is 4. The Hall–Kier alpha value is -4.02. The zero-order valence-corrected chi connectivity index (χ0v) is 66.3. The third-order valence-corrected chi connectivity index (χ3v) is 18.9. The van der Waals surface area contributed by atoms with Crippen molar-refractivity contribution >= 4 is 39.5 Å². The van der Waals surface area contributed by atoms with Crippen LogP contribution in [0.3, 0.4) is 0 Å². The summed E-state index contributed by atoms with van der Waals surface area (Å²) in [6.07, 6.45) is 79.5. The predicted molar refractivity (Wildman–Crippen MR) is 418 cm³/mol. The van der Waals surface area contributed by atoms with E-state index < -0.39 is 97.5 Å². The van der Waals surface area contributed by atoms with Crippen molar-refractivity contribution < 1.29 is 80.2 Å². The monoisotopic (exact) mass is 1480 g/mol. The smallest absolute Gasteiger partial charge is 0.462 e. The second-order valence-electron chi connectivity index (χ2n) is 27.0. The van der Waals surface area contributed by atoms with Gasteiger partial charge in [0.1, 0.15) is 19.3 Å². The molecule has 19 heteroatoms. The van der Waals surface area contributed by atoms with Gasteiger partial charge >= 0.3 is 39.5 Å². The van der Waals surface area contributed by atoms with Crippen molar-refractivity contribution in [2.75, 3.05) is 39.6 Å². The van der Waals surface area contributed by atoms with Crippen LogP contribution in [0.25, 0.3) is 0 Å². The quantitative estimate of drug-likeness (QED) is 0.0169. The van der Waals surface area contributed by atoms with Crippen LogP contribution in [-0.4, -0.2) is 96.7 Å². The van der Waals surface area contributed by atoms with Gasteiger partial charge in [0.2, 0.25) is 0 Å². The Bertz CT molecular complexity index is 2310. The number of aliphatic hydroxyl groups is 1.